The Hall–Kier alpha value is -11.0. The number of aryl methyl sites for hydroxylation is 6. The smallest absolute Gasteiger partial charge is 0.216 e. The van der Waals surface area contributed by atoms with Gasteiger partial charge in [-0.2, -0.15) is 0 Å². The number of furan rings is 3. The Balaban J connectivity index is 0.000000158. The third kappa shape index (κ3) is 28.5. The maximum absolute atomic E-state index is 9.05. The van der Waals surface area contributed by atoms with Crippen LogP contribution in [0.4, 0.5) is 0 Å². The fraction of sp³-hybridized carbons (Fsp3) is 0.347. The minimum absolute atomic E-state index is 0. The van der Waals surface area contributed by atoms with Crippen molar-refractivity contribution in [3.63, 3.8) is 0 Å². The molecule has 0 N–H and O–H groups in total. The van der Waals surface area contributed by atoms with Gasteiger partial charge in [-0.15, -0.1) is 161 Å². The summed E-state index contributed by atoms with van der Waals surface area (Å²) in [4.78, 5) is 40.1. The van der Waals surface area contributed by atoms with E-state index in [9.17, 15) is 0 Å². The normalized spacial score (nSPS) is 18.3. The molecule has 723 valence electrons. The Kier molecular flexibility index (Phi) is 27.6. The Morgan fingerprint density at radius 1 is 0.374 bits per heavy atom. The average Bonchev–Trinajstić information content (AvgIpc) is 1.68. The minimum Gasteiger partial charge on any atom is -0.486 e. The molecule has 0 unspecified atom stereocenters. The summed E-state index contributed by atoms with van der Waals surface area (Å²) in [6.07, 6.45) is 17.1. The maximum Gasteiger partial charge on any atom is 0.216 e. The molecule has 21 rings (SSSR count). The van der Waals surface area contributed by atoms with Crippen LogP contribution in [0.2, 0.25) is 0 Å². The van der Waals surface area contributed by atoms with Crippen molar-refractivity contribution in [1.82, 2.24) is 44.9 Å². The van der Waals surface area contributed by atoms with Gasteiger partial charge in [0.05, 0.1) is 16.7 Å². The SMILES string of the molecule is [2H]C([2H])([2H])c1c[c-]c(-c2ccc(C([2H])([2H])C(C)(C)C)cn2)cc1.[2H]C([2H])([2H])c1c[c-]c(-c2ccc(C([2H])([2H])C(C)(C)C)cn2)cc1.[2H]C([2H])([2H])c1c[c-]c(-c2ccc(C([2H])([2H])C(C)(C)C)cn2)cc1.[2H]C([2H])(c1ccnc(-c2[c-]ccc3c2oc2nc(C)ccc23)c1)C1(C)CCC(C)CC1.[2H]C([2H])(c1ccnc(-c2[c-]ccc3c2oc2nc(C)ccc23)c1)C1CCCCC1.[2H]C1(c2ccnc(-c3[c-]ccc4c3oc3nc(C)ccc34)c2)CCCCC1.[Ir].[Ir].[Ir]. The molecule has 0 atom stereocenters. The van der Waals surface area contributed by atoms with Crippen LogP contribution in [0.5, 0.6) is 0 Å². The molecular weight excluding hydrogens is 2240 g/mol. The van der Waals surface area contributed by atoms with Crippen LogP contribution in [0.15, 0.2) is 251 Å². The predicted octanol–water partition coefficient (Wildman–Crippen LogP) is 32.7. The molecular formula is C124H131Ir3N9O3-6. The average molecular weight is 2390 g/mol. The van der Waals surface area contributed by atoms with Crippen molar-refractivity contribution >= 4 is 66.2 Å². The van der Waals surface area contributed by atoms with Crippen LogP contribution in [-0.2, 0) is 92.2 Å². The summed E-state index contributed by atoms with van der Waals surface area (Å²) in [5.41, 5.74) is 17.9. The van der Waals surface area contributed by atoms with Gasteiger partial charge in [-0.1, -0.05) is 265 Å². The molecule has 139 heavy (non-hydrogen) atoms. The zero-order chi connectivity index (χ0) is 113. The van der Waals surface area contributed by atoms with Crippen molar-refractivity contribution in [2.45, 2.75) is 245 Å². The molecule has 3 radical (unpaired) electrons. The largest absolute Gasteiger partial charge is 0.486 e. The van der Waals surface area contributed by atoms with Crippen molar-refractivity contribution in [1.29, 1.82) is 0 Å². The van der Waals surface area contributed by atoms with E-state index in [4.69, 9.17) is 40.7 Å². The van der Waals surface area contributed by atoms with Gasteiger partial charge in [0.25, 0.3) is 0 Å². The van der Waals surface area contributed by atoms with Crippen LogP contribution >= 0.6 is 0 Å². The van der Waals surface area contributed by atoms with Crippen molar-refractivity contribution in [3.8, 4) is 67.5 Å². The van der Waals surface area contributed by atoms with Crippen molar-refractivity contribution in [2.24, 2.45) is 33.5 Å². The molecule has 0 saturated heterocycles. The Bertz CT molecular complexity index is 7730. The summed E-state index contributed by atoms with van der Waals surface area (Å²) in [6, 6.07) is 78.1. The first kappa shape index (κ1) is 80.7. The van der Waals surface area contributed by atoms with Crippen LogP contribution in [0, 0.1) is 111 Å². The van der Waals surface area contributed by atoms with Gasteiger partial charge in [-0.3, -0.25) is 0 Å². The van der Waals surface area contributed by atoms with Gasteiger partial charge < -0.3 is 43.2 Å². The number of fused-ring (bicyclic) bond motifs is 9. The summed E-state index contributed by atoms with van der Waals surface area (Å²) in [5.74, 6) is 0.232. The first-order chi connectivity index (χ1) is 73.2. The van der Waals surface area contributed by atoms with Crippen LogP contribution in [-0.4, -0.2) is 44.9 Å². The number of rotatable bonds is 14. The second-order valence-electron chi connectivity index (χ2n) is 39.2. The number of hydrogen-bond donors (Lipinski definition) is 0. The molecule has 0 spiro atoms. The molecule has 3 aliphatic rings. The van der Waals surface area contributed by atoms with E-state index >= 15 is 0 Å². The van der Waals surface area contributed by atoms with E-state index < -0.39 is 74.6 Å². The van der Waals surface area contributed by atoms with E-state index in [1.807, 2.05) is 186 Å². The van der Waals surface area contributed by atoms with E-state index in [2.05, 4.69) is 107 Å². The van der Waals surface area contributed by atoms with Crippen molar-refractivity contribution in [3.05, 3.63) is 341 Å². The van der Waals surface area contributed by atoms with Gasteiger partial charge in [-0.25, -0.2) is 15.0 Å². The molecule has 12 heterocycles. The number of hydrogen-bond acceptors (Lipinski definition) is 12. The topological polar surface area (TPSA) is 155 Å². The third-order valence-corrected chi connectivity index (χ3v) is 24.1. The maximum atomic E-state index is 9.05. The minimum atomic E-state index is -2.14. The van der Waals surface area contributed by atoms with E-state index in [1.54, 1.807) is 85.2 Å². The van der Waals surface area contributed by atoms with E-state index in [0.717, 1.165) is 160 Å². The van der Waals surface area contributed by atoms with Crippen molar-refractivity contribution < 1.29 is 101 Å². The van der Waals surface area contributed by atoms with Gasteiger partial charge in [0.1, 0.15) is 0 Å². The molecule has 3 fully saturated rings. The molecule has 0 amide bonds. The summed E-state index contributed by atoms with van der Waals surface area (Å²) in [6.45, 7) is 20.4. The Morgan fingerprint density at radius 3 is 1.09 bits per heavy atom. The first-order valence-electron chi connectivity index (χ1n) is 57.2. The fourth-order valence-corrected chi connectivity index (χ4v) is 17.4. The zero-order valence-corrected chi connectivity index (χ0v) is 88.5. The molecule has 6 aromatic carbocycles. The fourth-order valence-electron chi connectivity index (χ4n) is 17.4. The predicted molar refractivity (Wildman–Crippen MR) is 560 cm³/mol. The monoisotopic (exact) mass is 2390 g/mol. The second-order valence-corrected chi connectivity index (χ2v) is 39.2. The van der Waals surface area contributed by atoms with Gasteiger partial charge in [0, 0.05) is 158 Å². The second kappa shape index (κ2) is 47.5. The van der Waals surface area contributed by atoms with Gasteiger partial charge in [0.15, 0.2) is 0 Å². The molecule has 0 aliphatic heterocycles. The summed E-state index contributed by atoms with van der Waals surface area (Å²) in [5, 5.41) is 5.91. The quantitative estimate of drug-likeness (QED) is 0.0951. The van der Waals surface area contributed by atoms with E-state index in [0.29, 0.717) is 107 Å². The van der Waals surface area contributed by atoms with Crippen LogP contribution in [0.3, 0.4) is 0 Å². The van der Waals surface area contributed by atoms with Crippen LogP contribution in [0.25, 0.3) is 134 Å². The first-order valence-corrected chi connectivity index (χ1v) is 47.2. The molecule has 15 heteroatoms. The zero-order valence-electron chi connectivity index (χ0n) is 101. The van der Waals surface area contributed by atoms with Crippen LogP contribution in [0.1, 0.15) is 267 Å². The number of pyridine rings is 9. The van der Waals surface area contributed by atoms with Gasteiger partial charge in [-0.05, 0) is 223 Å². The van der Waals surface area contributed by atoms with Gasteiger partial charge in [0.2, 0.25) is 17.1 Å². The molecule has 0 bridgehead atoms. The number of benzene rings is 6. The summed E-state index contributed by atoms with van der Waals surface area (Å²) < 4.78 is 179. The van der Waals surface area contributed by atoms with Gasteiger partial charge >= 0.3 is 0 Å². The Labute approximate surface area is 893 Å². The van der Waals surface area contributed by atoms with Crippen LogP contribution < -0.4 is 0 Å². The number of nitrogens with zero attached hydrogens (tertiary/aromatic N) is 9. The summed E-state index contributed by atoms with van der Waals surface area (Å²) >= 11 is 0. The Morgan fingerprint density at radius 2 is 0.734 bits per heavy atom. The molecule has 12 aromatic heterocycles. The molecule has 12 nitrogen and oxygen atoms in total. The summed E-state index contributed by atoms with van der Waals surface area (Å²) in [7, 11) is 0. The van der Waals surface area contributed by atoms with E-state index in [-0.39, 0.29) is 88.3 Å². The standard InChI is InChI=1S/C26H27N2O.C24H23N2O.C23H21N2O.3C17H20N.3Ir/c1-17-9-12-26(3,13-10-17)16-19-11-14-27-23(15-19)22-6-4-5-20-21-8-7-18(2)28-25(21)29-24(20)22;1-16-10-11-20-19-8-5-9-21(23(19)27-24(20)26-16)22-15-18(12-13-25-22)14-17-6-3-2-4-7-17;1-15-10-11-19-18-8-5-9-20(22(18)26-23(19)25-15)21-14-17(12-13-24-21)16-6-3-2-4-7-16;3*1-13-5-8-15(9-6-13)16-10-7-14(12-18-16)11-17(2,3)4;;;/h4-5,7-8,11,14-15,17H,9-10,12-13,16H2,1-3H3;5,8,10-13,15,17H,2-4,6-7,14H2,1H3;5,8,10-14,16H,2-4,6-7H2,1H3;3*5-8,10,12H,11H2,1-4H3;;;/q6*-1;;;/i16D2;14D2;16D;3*1D3,11D2;;;. The molecule has 18 aromatic rings. The molecule has 3 saturated carbocycles. The third-order valence-electron chi connectivity index (χ3n) is 24.1. The molecule has 3 aliphatic carbocycles. The number of aromatic nitrogens is 9. The van der Waals surface area contributed by atoms with Crippen molar-refractivity contribution in [2.75, 3.05) is 0 Å². The van der Waals surface area contributed by atoms with E-state index in [1.165, 1.54) is 49.6 Å².